The molecule has 2 heterocycles. The van der Waals surface area contributed by atoms with Gasteiger partial charge < -0.3 is 9.15 Å². The maximum Gasteiger partial charge on any atom is 0.151 e. The number of hydrogen-bond donors (Lipinski definition) is 0. The molecule has 0 radical (unpaired) electrons. The number of furan rings is 1. The van der Waals surface area contributed by atoms with Gasteiger partial charge in [0.15, 0.2) is 11.4 Å². The van der Waals surface area contributed by atoms with Crippen LogP contribution in [0.1, 0.15) is 5.56 Å². The van der Waals surface area contributed by atoms with Crippen molar-refractivity contribution < 1.29 is 9.15 Å². The molecule has 0 saturated heterocycles. The van der Waals surface area contributed by atoms with Gasteiger partial charge in [0, 0.05) is 22.9 Å². The summed E-state index contributed by atoms with van der Waals surface area (Å²) in [6.07, 6.45) is 0.798. The number of rotatable bonds is 2. The molecule has 0 saturated carbocycles. The predicted molar refractivity (Wildman–Crippen MR) is 76.3 cm³/mol. The summed E-state index contributed by atoms with van der Waals surface area (Å²) < 4.78 is 11.3. The van der Waals surface area contributed by atoms with E-state index in [9.17, 15) is 4.91 Å². The van der Waals surface area contributed by atoms with Crippen molar-refractivity contribution in [3.63, 3.8) is 0 Å². The van der Waals surface area contributed by atoms with Gasteiger partial charge in [0.05, 0.1) is 6.61 Å². The molecule has 1 aromatic heterocycles. The Bertz CT molecular complexity index is 787. The molecule has 4 rings (SSSR count). The van der Waals surface area contributed by atoms with Crippen LogP contribution in [0.15, 0.2) is 52.1 Å². The van der Waals surface area contributed by atoms with Crippen LogP contribution in [0.25, 0.3) is 22.3 Å². The largest absolute Gasteiger partial charge is 0.491 e. The van der Waals surface area contributed by atoms with Gasteiger partial charge in [-0.05, 0) is 29.4 Å². The van der Waals surface area contributed by atoms with Crippen molar-refractivity contribution in [3.05, 3.63) is 52.9 Å². The Morgan fingerprint density at radius 2 is 2.00 bits per heavy atom. The maximum atomic E-state index is 11.0. The summed E-state index contributed by atoms with van der Waals surface area (Å²) in [5.74, 6) is 1.35. The molecule has 0 unspecified atom stereocenters. The zero-order chi connectivity index (χ0) is 13.5. The summed E-state index contributed by atoms with van der Waals surface area (Å²) in [6, 6.07) is 13.5. The molecule has 20 heavy (non-hydrogen) atoms. The monoisotopic (exact) mass is 265 g/mol. The first-order valence-corrected chi connectivity index (χ1v) is 6.47. The lowest BCUT2D eigenvalue weighted by Crippen LogP contribution is -1.86. The molecule has 3 aromatic rings. The number of benzene rings is 2. The normalized spacial score (nSPS) is 13.2. The van der Waals surface area contributed by atoms with Crippen LogP contribution < -0.4 is 4.74 Å². The quantitative estimate of drug-likeness (QED) is 0.644. The first-order chi connectivity index (χ1) is 9.85. The molecule has 1 aliphatic heterocycles. The van der Waals surface area contributed by atoms with E-state index in [-0.39, 0.29) is 0 Å². The number of hydrogen-bond acceptors (Lipinski definition) is 4. The third-order valence-corrected chi connectivity index (χ3v) is 3.57. The number of para-hydroxylation sites is 1. The number of nitrogens with zero attached hydrogens (tertiary/aromatic N) is 1. The SMILES string of the molecule is O=Nc1cc(-c2cc3ccccc3o2)cc2c1OCC2. The second-order valence-electron chi connectivity index (χ2n) is 4.82. The summed E-state index contributed by atoms with van der Waals surface area (Å²) in [4.78, 5) is 11.0. The number of ether oxygens (including phenoxy) is 1. The van der Waals surface area contributed by atoms with Crippen molar-refractivity contribution in [2.24, 2.45) is 5.18 Å². The Balaban J connectivity index is 1.91. The van der Waals surface area contributed by atoms with E-state index in [1.54, 1.807) is 6.07 Å². The van der Waals surface area contributed by atoms with Crippen LogP contribution in [0.4, 0.5) is 5.69 Å². The predicted octanol–water partition coefficient (Wildman–Crippen LogP) is 4.43. The van der Waals surface area contributed by atoms with Crippen LogP contribution >= 0.6 is 0 Å². The Morgan fingerprint density at radius 3 is 2.85 bits per heavy atom. The third kappa shape index (κ3) is 1.61. The van der Waals surface area contributed by atoms with E-state index < -0.39 is 0 Å². The Labute approximate surface area is 114 Å². The number of fused-ring (bicyclic) bond motifs is 2. The third-order valence-electron chi connectivity index (χ3n) is 3.57. The lowest BCUT2D eigenvalue weighted by atomic mass is 10.1. The summed E-state index contributed by atoms with van der Waals surface area (Å²) in [6.45, 7) is 0.599. The highest BCUT2D eigenvalue weighted by Gasteiger charge is 2.20. The highest BCUT2D eigenvalue weighted by Crippen LogP contribution is 2.40. The van der Waals surface area contributed by atoms with Gasteiger partial charge in [-0.3, -0.25) is 0 Å². The average molecular weight is 265 g/mol. The fraction of sp³-hybridized carbons (Fsp3) is 0.125. The van der Waals surface area contributed by atoms with Gasteiger partial charge >= 0.3 is 0 Å². The van der Waals surface area contributed by atoms with Crippen LogP contribution in [0, 0.1) is 4.91 Å². The van der Waals surface area contributed by atoms with E-state index in [2.05, 4.69) is 5.18 Å². The van der Waals surface area contributed by atoms with Gasteiger partial charge in [-0.25, -0.2) is 0 Å². The molecule has 0 aliphatic carbocycles. The Hall–Kier alpha value is -2.62. The Kier molecular flexibility index (Phi) is 2.36. The molecule has 0 amide bonds. The molecule has 4 nitrogen and oxygen atoms in total. The van der Waals surface area contributed by atoms with Crippen molar-refractivity contribution >= 4 is 16.7 Å². The van der Waals surface area contributed by atoms with Crippen LogP contribution in [0.2, 0.25) is 0 Å². The van der Waals surface area contributed by atoms with Crippen molar-refractivity contribution in [2.45, 2.75) is 6.42 Å². The van der Waals surface area contributed by atoms with Gasteiger partial charge in [-0.1, -0.05) is 18.2 Å². The van der Waals surface area contributed by atoms with E-state index in [4.69, 9.17) is 9.15 Å². The fourth-order valence-corrected chi connectivity index (χ4v) is 2.62. The minimum atomic E-state index is 0.343. The van der Waals surface area contributed by atoms with Gasteiger partial charge in [0.25, 0.3) is 0 Å². The van der Waals surface area contributed by atoms with E-state index in [0.29, 0.717) is 18.0 Å². The van der Waals surface area contributed by atoms with E-state index in [0.717, 1.165) is 34.3 Å². The van der Waals surface area contributed by atoms with Gasteiger partial charge in [-0.2, -0.15) is 0 Å². The minimum Gasteiger partial charge on any atom is -0.491 e. The van der Waals surface area contributed by atoms with Crippen molar-refractivity contribution in [1.29, 1.82) is 0 Å². The molecular formula is C16H11NO3. The summed E-state index contributed by atoms with van der Waals surface area (Å²) in [7, 11) is 0. The highest BCUT2D eigenvalue weighted by atomic mass is 16.5. The lowest BCUT2D eigenvalue weighted by molar-refractivity contribution is 0.358. The fourth-order valence-electron chi connectivity index (χ4n) is 2.62. The lowest BCUT2D eigenvalue weighted by Gasteiger charge is -2.04. The molecule has 2 aromatic carbocycles. The number of nitroso groups, excluding NO2 is 1. The zero-order valence-corrected chi connectivity index (χ0v) is 10.6. The Morgan fingerprint density at radius 1 is 1.10 bits per heavy atom. The molecular weight excluding hydrogens is 254 g/mol. The van der Waals surface area contributed by atoms with Crippen molar-refractivity contribution in [3.8, 4) is 17.1 Å². The first-order valence-electron chi connectivity index (χ1n) is 6.47. The van der Waals surface area contributed by atoms with E-state index >= 15 is 0 Å². The van der Waals surface area contributed by atoms with Crippen molar-refractivity contribution in [2.75, 3.05) is 6.61 Å². The molecule has 1 aliphatic rings. The first kappa shape index (κ1) is 11.2. The van der Waals surface area contributed by atoms with Crippen LogP contribution in [0.5, 0.6) is 5.75 Å². The molecule has 0 atom stereocenters. The average Bonchev–Trinajstić information content (AvgIpc) is 3.12. The van der Waals surface area contributed by atoms with E-state index in [1.165, 1.54) is 0 Å². The molecule has 0 bridgehead atoms. The second kappa shape index (κ2) is 4.20. The summed E-state index contributed by atoms with van der Waals surface area (Å²) in [5.41, 5.74) is 3.05. The van der Waals surface area contributed by atoms with Crippen LogP contribution in [-0.2, 0) is 6.42 Å². The minimum absolute atomic E-state index is 0.343. The summed E-state index contributed by atoms with van der Waals surface area (Å²) in [5, 5.41) is 4.11. The highest BCUT2D eigenvalue weighted by molar-refractivity contribution is 5.84. The van der Waals surface area contributed by atoms with E-state index in [1.807, 2.05) is 36.4 Å². The van der Waals surface area contributed by atoms with Gasteiger partial charge in [-0.15, -0.1) is 4.91 Å². The van der Waals surface area contributed by atoms with Crippen molar-refractivity contribution in [1.82, 2.24) is 0 Å². The molecule has 0 fully saturated rings. The maximum absolute atomic E-state index is 11.0. The standard InChI is InChI=1S/C16H11NO3/c18-17-13-8-12(7-11-5-6-19-16(11)13)15-9-10-3-1-2-4-14(10)20-15/h1-4,7-9H,5-6H2. The second-order valence-corrected chi connectivity index (χ2v) is 4.82. The molecule has 0 N–H and O–H groups in total. The van der Waals surface area contributed by atoms with Gasteiger partial charge in [0.2, 0.25) is 0 Å². The van der Waals surface area contributed by atoms with Crippen LogP contribution in [-0.4, -0.2) is 6.61 Å². The zero-order valence-electron chi connectivity index (χ0n) is 10.6. The smallest absolute Gasteiger partial charge is 0.151 e. The van der Waals surface area contributed by atoms with Crippen LogP contribution in [0.3, 0.4) is 0 Å². The summed E-state index contributed by atoms with van der Waals surface area (Å²) >= 11 is 0. The molecule has 0 spiro atoms. The molecule has 4 heteroatoms. The van der Waals surface area contributed by atoms with Gasteiger partial charge in [0.1, 0.15) is 11.3 Å². The topological polar surface area (TPSA) is 51.8 Å². The molecule has 98 valence electrons.